The van der Waals surface area contributed by atoms with Crippen LogP contribution in [0.25, 0.3) is 0 Å². The summed E-state index contributed by atoms with van der Waals surface area (Å²) in [7, 11) is 0. The number of benzene rings is 1. The van der Waals surface area contributed by atoms with Crippen molar-refractivity contribution in [2.24, 2.45) is 4.99 Å². The maximum atomic E-state index is 4.83. The number of fused-ring (bicyclic) bond motifs is 1. The fourth-order valence-corrected chi connectivity index (χ4v) is 4.54. The maximum absolute atomic E-state index is 4.83. The number of halogens is 1. The quantitative estimate of drug-likeness (QED) is 0.412. The molecule has 1 aromatic rings. The molecular formula is C18H28IN3S. The molecule has 1 aliphatic carbocycles. The fourth-order valence-electron chi connectivity index (χ4n) is 3.31. The predicted octanol–water partition coefficient (Wildman–Crippen LogP) is 3.79. The van der Waals surface area contributed by atoms with Gasteiger partial charge in [-0.1, -0.05) is 24.3 Å². The first-order valence-corrected chi connectivity index (χ1v) is 9.43. The van der Waals surface area contributed by atoms with Crippen LogP contribution in [0.5, 0.6) is 0 Å². The third-order valence-electron chi connectivity index (χ3n) is 4.69. The van der Waals surface area contributed by atoms with Gasteiger partial charge < -0.3 is 10.6 Å². The van der Waals surface area contributed by atoms with Crippen LogP contribution >= 0.6 is 35.7 Å². The molecule has 0 saturated carbocycles. The number of nitrogens with zero attached hydrogens (tertiary/aromatic N) is 1. The van der Waals surface area contributed by atoms with Crippen molar-refractivity contribution in [2.45, 2.75) is 43.8 Å². The van der Waals surface area contributed by atoms with Crippen LogP contribution in [-0.4, -0.2) is 36.1 Å². The van der Waals surface area contributed by atoms with Gasteiger partial charge in [-0.15, -0.1) is 24.0 Å². The number of rotatable bonds is 5. The second kappa shape index (κ2) is 8.60. The van der Waals surface area contributed by atoms with E-state index >= 15 is 0 Å². The van der Waals surface area contributed by atoms with E-state index in [0.29, 0.717) is 10.7 Å². The van der Waals surface area contributed by atoms with Gasteiger partial charge in [-0.2, -0.15) is 11.8 Å². The molecule has 2 unspecified atom stereocenters. The van der Waals surface area contributed by atoms with Crippen LogP contribution in [0, 0.1) is 0 Å². The largest absolute Gasteiger partial charge is 0.357 e. The van der Waals surface area contributed by atoms with E-state index in [1.54, 1.807) is 0 Å². The smallest absolute Gasteiger partial charge is 0.191 e. The molecule has 0 bridgehead atoms. The first-order valence-electron chi connectivity index (χ1n) is 8.44. The van der Waals surface area contributed by atoms with Gasteiger partial charge in [0.1, 0.15) is 0 Å². The highest BCUT2D eigenvalue weighted by molar-refractivity contribution is 14.0. The second-order valence-corrected chi connectivity index (χ2v) is 8.26. The van der Waals surface area contributed by atoms with Gasteiger partial charge in [0.15, 0.2) is 5.96 Å². The molecule has 1 aromatic carbocycles. The summed E-state index contributed by atoms with van der Waals surface area (Å²) >= 11 is 2.07. The van der Waals surface area contributed by atoms with Crippen LogP contribution < -0.4 is 10.6 Å². The third-order valence-corrected chi connectivity index (χ3v) is 6.22. The fraction of sp³-hybridized carbons (Fsp3) is 0.611. The Balaban J connectivity index is 0.00000192. The zero-order chi connectivity index (χ0) is 15.4. The van der Waals surface area contributed by atoms with E-state index < -0.39 is 0 Å². The van der Waals surface area contributed by atoms with Gasteiger partial charge >= 0.3 is 0 Å². The molecule has 1 aliphatic heterocycles. The second-order valence-electron chi connectivity index (χ2n) is 6.58. The SMILES string of the molecule is CCNC(=NCC1(C)CCCS1)NCC1Cc2ccccc21.I. The molecule has 3 nitrogen and oxygen atoms in total. The Bertz CT molecular complexity index is 541. The van der Waals surface area contributed by atoms with E-state index in [-0.39, 0.29) is 24.0 Å². The lowest BCUT2D eigenvalue weighted by Crippen LogP contribution is -2.42. The van der Waals surface area contributed by atoms with Gasteiger partial charge in [-0.25, -0.2) is 0 Å². The summed E-state index contributed by atoms with van der Waals surface area (Å²) in [5.41, 5.74) is 3.01. The molecule has 128 valence electrons. The molecule has 1 fully saturated rings. The van der Waals surface area contributed by atoms with Crippen molar-refractivity contribution < 1.29 is 0 Å². The van der Waals surface area contributed by atoms with Crippen molar-refractivity contribution in [3.05, 3.63) is 35.4 Å². The van der Waals surface area contributed by atoms with Crippen LogP contribution in [0.4, 0.5) is 0 Å². The Morgan fingerprint density at radius 2 is 2.17 bits per heavy atom. The van der Waals surface area contributed by atoms with Gasteiger partial charge in [0, 0.05) is 23.8 Å². The number of guanidine groups is 1. The molecule has 1 heterocycles. The average Bonchev–Trinajstić information content (AvgIpc) is 2.93. The van der Waals surface area contributed by atoms with E-state index in [2.05, 4.69) is 60.5 Å². The standard InChI is InChI=1S/C18H27N3S.HI/c1-3-19-17(21-13-18(2)9-6-10-22-18)20-12-15-11-14-7-4-5-8-16(14)15;/h4-5,7-8,15H,3,6,9-13H2,1-2H3,(H2,19,20,21);1H. The zero-order valence-electron chi connectivity index (χ0n) is 14.1. The van der Waals surface area contributed by atoms with Gasteiger partial charge in [0.2, 0.25) is 0 Å². The van der Waals surface area contributed by atoms with E-state index in [4.69, 9.17) is 4.99 Å². The van der Waals surface area contributed by atoms with Crippen molar-refractivity contribution in [1.82, 2.24) is 10.6 Å². The number of aliphatic imine (C=N–C) groups is 1. The molecule has 5 heteroatoms. The van der Waals surface area contributed by atoms with Gasteiger partial charge in [-0.3, -0.25) is 4.99 Å². The van der Waals surface area contributed by atoms with Crippen LogP contribution in [0.3, 0.4) is 0 Å². The predicted molar refractivity (Wildman–Crippen MR) is 112 cm³/mol. The van der Waals surface area contributed by atoms with Crippen LogP contribution in [-0.2, 0) is 6.42 Å². The lowest BCUT2D eigenvalue weighted by molar-refractivity contribution is 0.579. The Morgan fingerprint density at radius 1 is 1.35 bits per heavy atom. The lowest BCUT2D eigenvalue weighted by atomic mass is 9.78. The summed E-state index contributed by atoms with van der Waals surface area (Å²) in [6, 6.07) is 8.77. The van der Waals surface area contributed by atoms with E-state index in [1.165, 1.54) is 36.1 Å². The van der Waals surface area contributed by atoms with Crippen LogP contribution in [0.2, 0.25) is 0 Å². The summed E-state index contributed by atoms with van der Waals surface area (Å²) in [6.07, 6.45) is 3.81. The highest BCUT2D eigenvalue weighted by Gasteiger charge is 2.29. The topological polar surface area (TPSA) is 36.4 Å². The minimum atomic E-state index is 0. The summed E-state index contributed by atoms with van der Waals surface area (Å²) in [6.45, 7) is 7.28. The van der Waals surface area contributed by atoms with Crippen molar-refractivity contribution >= 4 is 41.7 Å². The van der Waals surface area contributed by atoms with E-state index in [0.717, 1.165) is 25.6 Å². The van der Waals surface area contributed by atoms with Gasteiger partial charge in [0.25, 0.3) is 0 Å². The molecule has 3 rings (SSSR count). The molecule has 2 atom stereocenters. The minimum absolute atomic E-state index is 0. The maximum Gasteiger partial charge on any atom is 0.191 e. The Labute approximate surface area is 161 Å². The Kier molecular flexibility index (Phi) is 7.07. The van der Waals surface area contributed by atoms with Crippen molar-refractivity contribution in [3.63, 3.8) is 0 Å². The molecule has 0 amide bonds. The molecule has 1 saturated heterocycles. The van der Waals surface area contributed by atoms with Crippen molar-refractivity contribution in [2.75, 3.05) is 25.4 Å². The molecule has 23 heavy (non-hydrogen) atoms. The summed E-state index contributed by atoms with van der Waals surface area (Å²) in [4.78, 5) is 4.83. The lowest BCUT2D eigenvalue weighted by Gasteiger charge is -2.31. The zero-order valence-corrected chi connectivity index (χ0v) is 17.2. The number of nitrogens with one attached hydrogen (secondary N) is 2. The third kappa shape index (κ3) is 4.78. The molecule has 2 aliphatic rings. The number of hydrogen-bond acceptors (Lipinski definition) is 2. The molecule has 0 radical (unpaired) electrons. The summed E-state index contributed by atoms with van der Waals surface area (Å²) in [5.74, 6) is 2.89. The average molecular weight is 445 g/mol. The number of thioether (sulfide) groups is 1. The van der Waals surface area contributed by atoms with Crippen molar-refractivity contribution in [3.8, 4) is 0 Å². The van der Waals surface area contributed by atoms with E-state index in [1.807, 2.05) is 0 Å². The van der Waals surface area contributed by atoms with Crippen LogP contribution in [0.15, 0.2) is 29.3 Å². The summed E-state index contributed by atoms with van der Waals surface area (Å²) in [5, 5.41) is 6.92. The number of hydrogen-bond donors (Lipinski definition) is 2. The summed E-state index contributed by atoms with van der Waals surface area (Å²) < 4.78 is 0.339. The first-order chi connectivity index (χ1) is 10.7. The normalized spacial score (nSPS) is 26.0. The highest BCUT2D eigenvalue weighted by atomic mass is 127. The van der Waals surface area contributed by atoms with E-state index in [9.17, 15) is 0 Å². The minimum Gasteiger partial charge on any atom is -0.357 e. The monoisotopic (exact) mass is 445 g/mol. The first kappa shape index (κ1) is 18.9. The van der Waals surface area contributed by atoms with Crippen molar-refractivity contribution in [1.29, 1.82) is 0 Å². The molecule has 0 aromatic heterocycles. The van der Waals surface area contributed by atoms with Gasteiger partial charge in [0.05, 0.1) is 6.54 Å². The van der Waals surface area contributed by atoms with Crippen LogP contribution in [0.1, 0.15) is 43.7 Å². The molecule has 0 spiro atoms. The highest BCUT2D eigenvalue weighted by Crippen LogP contribution is 2.38. The van der Waals surface area contributed by atoms with Gasteiger partial charge in [-0.05, 0) is 50.0 Å². The molecular weight excluding hydrogens is 417 g/mol. The molecule has 2 N–H and O–H groups in total. The Hall–Kier alpha value is -0.430. The Morgan fingerprint density at radius 3 is 2.87 bits per heavy atom.